The Kier molecular flexibility index (Phi) is 6.82. The molecule has 4 aromatic rings. The fourth-order valence-corrected chi connectivity index (χ4v) is 5.22. The molecule has 5 rings (SSSR count). The van der Waals surface area contributed by atoms with Gasteiger partial charge in [-0.25, -0.2) is 4.79 Å². The van der Waals surface area contributed by atoms with Crippen LogP contribution in [0.5, 0.6) is 0 Å². The van der Waals surface area contributed by atoms with E-state index in [2.05, 4.69) is 10.3 Å². The molecule has 0 fully saturated rings. The van der Waals surface area contributed by atoms with Crippen molar-refractivity contribution >= 4 is 56.6 Å². The second kappa shape index (κ2) is 10.2. The Hall–Kier alpha value is -4.66. The molecule has 9 heteroatoms. The van der Waals surface area contributed by atoms with Gasteiger partial charge in [0, 0.05) is 52.4 Å². The van der Waals surface area contributed by atoms with E-state index in [4.69, 9.17) is 4.74 Å². The van der Waals surface area contributed by atoms with Crippen LogP contribution in [0.1, 0.15) is 31.4 Å². The first-order valence-corrected chi connectivity index (χ1v) is 12.8. The number of H-pyrrole nitrogens is 1. The van der Waals surface area contributed by atoms with Crippen LogP contribution in [0.2, 0.25) is 0 Å². The van der Waals surface area contributed by atoms with Gasteiger partial charge in [-0.2, -0.15) is 0 Å². The number of ether oxygens (including phenoxy) is 1. The summed E-state index contributed by atoms with van der Waals surface area (Å²) in [6, 6.07) is 14.3. The fraction of sp³-hybridized carbons (Fsp3) is 0.267. The molecule has 2 aromatic carbocycles. The highest BCUT2D eigenvalue weighted by Gasteiger charge is 2.39. The van der Waals surface area contributed by atoms with Crippen molar-refractivity contribution in [2.24, 2.45) is 5.92 Å². The molecule has 0 saturated heterocycles. The number of methoxy groups -OCH3 is 1. The number of amides is 3. The maximum atomic E-state index is 13.5. The number of carbonyl (C=O) groups is 4. The number of fused-ring (bicyclic) bond motifs is 2. The molecule has 0 unspecified atom stereocenters. The number of aromatic nitrogens is 2. The fourth-order valence-electron chi connectivity index (χ4n) is 5.22. The van der Waals surface area contributed by atoms with Crippen LogP contribution in [-0.4, -0.2) is 58.3 Å². The van der Waals surface area contributed by atoms with Crippen molar-refractivity contribution in [2.75, 3.05) is 14.2 Å². The van der Waals surface area contributed by atoms with Crippen LogP contribution >= 0.6 is 0 Å². The number of benzene rings is 2. The Morgan fingerprint density at radius 2 is 1.59 bits per heavy atom. The quantitative estimate of drug-likeness (QED) is 0.268. The van der Waals surface area contributed by atoms with Gasteiger partial charge in [0.25, 0.3) is 11.8 Å². The van der Waals surface area contributed by atoms with Gasteiger partial charge in [0.2, 0.25) is 5.91 Å². The van der Waals surface area contributed by atoms with Crippen LogP contribution in [0.15, 0.2) is 60.9 Å². The number of para-hydroxylation sites is 2. The minimum atomic E-state index is -0.761. The van der Waals surface area contributed by atoms with Crippen molar-refractivity contribution in [1.29, 1.82) is 0 Å². The number of esters is 1. The Bertz CT molecular complexity index is 1660. The summed E-state index contributed by atoms with van der Waals surface area (Å²) >= 11 is 0. The van der Waals surface area contributed by atoms with Crippen LogP contribution < -0.4 is 5.32 Å². The minimum absolute atomic E-state index is 0.0836. The van der Waals surface area contributed by atoms with E-state index < -0.39 is 17.9 Å². The molecular formula is C30H30N4O5. The number of carbonyl (C=O) groups excluding carboxylic acids is 4. The molecular weight excluding hydrogens is 496 g/mol. The molecule has 9 nitrogen and oxygen atoms in total. The zero-order valence-corrected chi connectivity index (χ0v) is 22.3. The van der Waals surface area contributed by atoms with Crippen LogP contribution in [0, 0.1) is 5.92 Å². The largest absolute Gasteiger partial charge is 0.467 e. The number of hydrogen-bond donors (Lipinski definition) is 2. The van der Waals surface area contributed by atoms with Crippen molar-refractivity contribution in [3.63, 3.8) is 0 Å². The molecule has 1 atom stereocenters. The van der Waals surface area contributed by atoms with E-state index in [1.165, 1.54) is 14.2 Å². The van der Waals surface area contributed by atoms with Gasteiger partial charge in [0.05, 0.1) is 18.3 Å². The molecule has 3 heterocycles. The Morgan fingerprint density at radius 1 is 0.949 bits per heavy atom. The summed E-state index contributed by atoms with van der Waals surface area (Å²) in [7, 11) is 2.77. The first-order valence-electron chi connectivity index (χ1n) is 12.8. The van der Waals surface area contributed by atoms with Gasteiger partial charge in [-0.15, -0.1) is 0 Å². The zero-order valence-electron chi connectivity index (χ0n) is 22.3. The summed E-state index contributed by atoms with van der Waals surface area (Å²) in [4.78, 5) is 56.5. The standard InChI is InChI=1S/C30H30N4O5/c1-17(2)13-23(30(38)39-4)32-25(35)16-34-15-21(19-10-6-8-12-24(19)34)27-26(28(36)33(3)29(27)37)20-14-31-22-11-7-5-9-18(20)22/h5-12,14-15,17,23,31H,13,16H2,1-4H3,(H,32,35)/t23-/m1/s1. The third kappa shape index (κ3) is 4.60. The van der Waals surface area contributed by atoms with Crippen molar-refractivity contribution in [1.82, 2.24) is 19.8 Å². The van der Waals surface area contributed by atoms with Crippen molar-refractivity contribution in [3.05, 3.63) is 72.1 Å². The molecule has 0 saturated carbocycles. The van der Waals surface area contributed by atoms with E-state index in [1.807, 2.05) is 62.4 Å². The summed E-state index contributed by atoms with van der Waals surface area (Å²) < 4.78 is 6.61. The highest BCUT2D eigenvalue weighted by atomic mass is 16.5. The van der Waals surface area contributed by atoms with Crippen LogP contribution in [-0.2, 0) is 30.5 Å². The third-order valence-electron chi connectivity index (χ3n) is 7.05. The Labute approximate surface area is 225 Å². The third-order valence-corrected chi connectivity index (χ3v) is 7.05. The lowest BCUT2D eigenvalue weighted by Gasteiger charge is -2.18. The number of hydrogen-bond acceptors (Lipinski definition) is 5. The van der Waals surface area contributed by atoms with Crippen molar-refractivity contribution in [3.8, 4) is 0 Å². The monoisotopic (exact) mass is 526 g/mol. The van der Waals surface area contributed by atoms with Gasteiger partial charge < -0.3 is 19.6 Å². The first-order chi connectivity index (χ1) is 18.7. The summed E-state index contributed by atoms with van der Waals surface area (Å²) in [5.74, 6) is -1.48. The highest BCUT2D eigenvalue weighted by molar-refractivity contribution is 6.50. The molecule has 1 aliphatic heterocycles. The molecule has 3 amide bonds. The van der Waals surface area contributed by atoms with Gasteiger partial charge in [0.15, 0.2) is 0 Å². The number of aromatic amines is 1. The lowest BCUT2D eigenvalue weighted by atomic mass is 9.95. The zero-order chi connectivity index (χ0) is 27.8. The molecule has 200 valence electrons. The first kappa shape index (κ1) is 26.0. The molecule has 39 heavy (non-hydrogen) atoms. The van der Waals surface area contributed by atoms with Gasteiger partial charge >= 0.3 is 5.97 Å². The predicted octanol–water partition coefficient (Wildman–Crippen LogP) is 3.74. The van der Waals surface area contributed by atoms with E-state index in [-0.39, 0.29) is 29.9 Å². The summed E-state index contributed by atoms with van der Waals surface area (Å²) in [5, 5.41) is 4.36. The van der Waals surface area contributed by atoms with Crippen LogP contribution in [0.3, 0.4) is 0 Å². The van der Waals surface area contributed by atoms with Crippen molar-refractivity contribution in [2.45, 2.75) is 32.9 Å². The van der Waals surface area contributed by atoms with E-state index in [0.29, 0.717) is 23.1 Å². The van der Waals surface area contributed by atoms with Gasteiger partial charge in [-0.3, -0.25) is 19.3 Å². The summed E-state index contributed by atoms with van der Waals surface area (Å²) in [5.41, 5.74) is 3.39. The number of rotatable bonds is 8. The minimum Gasteiger partial charge on any atom is -0.467 e. The van der Waals surface area contributed by atoms with E-state index in [1.54, 1.807) is 17.0 Å². The normalized spacial score (nSPS) is 14.6. The van der Waals surface area contributed by atoms with Crippen molar-refractivity contribution < 1.29 is 23.9 Å². The summed E-state index contributed by atoms with van der Waals surface area (Å²) in [6.07, 6.45) is 3.92. The number of imide groups is 1. The number of likely N-dealkylation sites (N-methyl/N-ethyl adjacent to an activating group) is 1. The lowest BCUT2D eigenvalue weighted by Crippen LogP contribution is -2.43. The summed E-state index contributed by atoms with van der Waals surface area (Å²) in [6.45, 7) is 3.84. The maximum absolute atomic E-state index is 13.5. The maximum Gasteiger partial charge on any atom is 0.328 e. The van der Waals surface area contributed by atoms with Gasteiger partial charge in [0.1, 0.15) is 12.6 Å². The molecule has 1 aliphatic rings. The molecule has 0 radical (unpaired) electrons. The average molecular weight is 527 g/mol. The van der Waals surface area contributed by atoms with Crippen LogP contribution in [0.25, 0.3) is 33.0 Å². The van der Waals surface area contributed by atoms with Gasteiger partial charge in [-0.05, 0) is 24.5 Å². The van der Waals surface area contributed by atoms with E-state index >= 15 is 0 Å². The highest BCUT2D eigenvalue weighted by Crippen LogP contribution is 2.40. The molecule has 2 aromatic heterocycles. The Morgan fingerprint density at radius 3 is 2.28 bits per heavy atom. The second-order valence-corrected chi connectivity index (χ2v) is 10.1. The average Bonchev–Trinajstić information content (AvgIpc) is 3.56. The SMILES string of the molecule is COC(=O)[C@@H](CC(C)C)NC(=O)Cn1cc(C2=C(c3c[nH]c4ccccc34)C(=O)N(C)C2=O)c2ccccc21. The van der Waals surface area contributed by atoms with E-state index in [0.717, 1.165) is 26.7 Å². The van der Waals surface area contributed by atoms with Crippen LogP contribution in [0.4, 0.5) is 0 Å². The number of nitrogens with one attached hydrogen (secondary N) is 2. The second-order valence-electron chi connectivity index (χ2n) is 10.1. The molecule has 2 N–H and O–H groups in total. The lowest BCUT2D eigenvalue weighted by molar-refractivity contribution is -0.145. The topological polar surface area (TPSA) is 114 Å². The Balaban J connectivity index is 1.60. The smallest absolute Gasteiger partial charge is 0.328 e. The van der Waals surface area contributed by atoms with E-state index in [9.17, 15) is 19.2 Å². The molecule has 0 aliphatic carbocycles. The number of nitrogens with zero attached hydrogens (tertiary/aromatic N) is 2. The van der Waals surface area contributed by atoms with Gasteiger partial charge in [-0.1, -0.05) is 50.2 Å². The molecule has 0 spiro atoms. The molecule has 0 bridgehead atoms. The predicted molar refractivity (Wildman–Crippen MR) is 148 cm³/mol.